The van der Waals surface area contributed by atoms with E-state index in [0.717, 1.165) is 11.3 Å². The molecular formula is C24H20N4O3. The molecule has 0 saturated carbocycles. The predicted molar refractivity (Wildman–Crippen MR) is 122 cm³/mol. The summed E-state index contributed by atoms with van der Waals surface area (Å²) in [5.41, 5.74) is 2.94. The Kier molecular flexibility index (Phi) is 5.75. The van der Waals surface area contributed by atoms with Crippen molar-refractivity contribution >= 4 is 40.3 Å². The number of rotatable bonds is 6. The third-order valence-corrected chi connectivity index (χ3v) is 4.53. The number of nitrogens with one attached hydrogen (secondary N) is 2. The number of methoxy groups -OCH3 is 1. The first-order chi connectivity index (χ1) is 15.2. The number of amides is 1. The number of fused-ring (bicyclic) bond motifs is 1. The zero-order chi connectivity index (χ0) is 21.6. The van der Waals surface area contributed by atoms with Crippen LogP contribution in [0.1, 0.15) is 5.56 Å². The summed E-state index contributed by atoms with van der Waals surface area (Å²) in [4.78, 5) is 21.1. The summed E-state index contributed by atoms with van der Waals surface area (Å²) in [6.07, 6.45) is 2.61. The lowest BCUT2D eigenvalue weighted by Gasteiger charge is -2.14. The maximum Gasteiger partial charge on any atom is 0.417 e. The molecule has 1 heterocycles. The zero-order valence-electron chi connectivity index (χ0n) is 16.8. The van der Waals surface area contributed by atoms with Crippen LogP contribution in [-0.4, -0.2) is 23.2 Å². The number of hydrogen-bond donors (Lipinski definition) is 2. The van der Waals surface area contributed by atoms with Gasteiger partial charge < -0.3 is 14.8 Å². The number of hydrogen-bond acceptors (Lipinski definition) is 6. The third kappa shape index (κ3) is 4.62. The van der Waals surface area contributed by atoms with E-state index in [2.05, 4.69) is 27.2 Å². The van der Waals surface area contributed by atoms with Crippen LogP contribution in [0.25, 0.3) is 17.0 Å². The van der Waals surface area contributed by atoms with Gasteiger partial charge in [0.05, 0.1) is 18.3 Å². The summed E-state index contributed by atoms with van der Waals surface area (Å²) in [6, 6.07) is 20.1. The second kappa shape index (κ2) is 8.96. The van der Waals surface area contributed by atoms with Gasteiger partial charge in [-0.1, -0.05) is 43.0 Å². The topological polar surface area (TPSA) is 85.4 Å². The quantitative estimate of drug-likeness (QED) is 0.427. The first-order valence-electron chi connectivity index (χ1n) is 9.52. The smallest absolute Gasteiger partial charge is 0.417 e. The molecule has 1 amide bonds. The summed E-state index contributed by atoms with van der Waals surface area (Å²) in [7, 11) is 1.52. The van der Waals surface area contributed by atoms with E-state index in [1.165, 1.54) is 13.4 Å². The molecule has 4 aromatic rings. The van der Waals surface area contributed by atoms with Crippen molar-refractivity contribution < 1.29 is 14.3 Å². The number of benzene rings is 3. The molecule has 7 nitrogen and oxygen atoms in total. The summed E-state index contributed by atoms with van der Waals surface area (Å²) < 4.78 is 10.8. The molecule has 0 aliphatic carbocycles. The minimum absolute atomic E-state index is 0.438. The molecule has 0 fully saturated rings. The van der Waals surface area contributed by atoms with Gasteiger partial charge in [0.2, 0.25) is 0 Å². The molecule has 0 aliphatic rings. The number of anilines is 3. The van der Waals surface area contributed by atoms with Crippen molar-refractivity contribution in [1.82, 2.24) is 9.97 Å². The Labute approximate surface area is 179 Å². The SMILES string of the molecule is C=Cc1cccc(Nc2ncnc3cc(OC)c(NC(=O)Oc4ccccc4)cc23)c1. The monoisotopic (exact) mass is 412 g/mol. The average molecular weight is 412 g/mol. The molecular weight excluding hydrogens is 392 g/mol. The molecule has 0 atom stereocenters. The average Bonchev–Trinajstić information content (AvgIpc) is 2.80. The fourth-order valence-corrected chi connectivity index (χ4v) is 3.06. The van der Waals surface area contributed by atoms with E-state index < -0.39 is 6.09 Å². The van der Waals surface area contributed by atoms with Gasteiger partial charge in [-0.2, -0.15) is 0 Å². The van der Waals surface area contributed by atoms with Gasteiger partial charge >= 0.3 is 6.09 Å². The lowest BCUT2D eigenvalue weighted by molar-refractivity contribution is 0.215. The van der Waals surface area contributed by atoms with Crippen LogP contribution >= 0.6 is 0 Å². The summed E-state index contributed by atoms with van der Waals surface area (Å²) in [5, 5.41) is 6.73. The van der Waals surface area contributed by atoms with E-state index in [1.54, 1.807) is 42.5 Å². The van der Waals surface area contributed by atoms with E-state index in [0.29, 0.717) is 33.9 Å². The predicted octanol–water partition coefficient (Wildman–Crippen LogP) is 5.64. The number of carbonyl (C=O) groups is 1. The van der Waals surface area contributed by atoms with E-state index in [1.807, 2.05) is 30.3 Å². The van der Waals surface area contributed by atoms with Gasteiger partial charge in [0.25, 0.3) is 0 Å². The van der Waals surface area contributed by atoms with Crippen molar-refractivity contribution in [2.75, 3.05) is 17.7 Å². The molecule has 1 aromatic heterocycles. The van der Waals surface area contributed by atoms with E-state index in [4.69, 9.17) is 9.47 Å². The molecule has 2 N–H and O–H groups in total. The zero-order valence-corrected chi connectivity index (χ0v) is 16.8. The minimum atomic E-state index is -0.631. The Hall–Kier alpha value is -4.39. The molecule has 31 heavy (non-hydrogen) atoms. The summed E-state index contributed by atoms with van der Waals surface area (Å²) in [5.74, 6) is 1.48. The first kappa shape index (κ1) is 19.9. The van der Waals surface area contributed by atoms with Gasteiger partial charge in [0.1, 0.15) is 23.6 Å². The summed E-state index contributed by atoms with van der Waals surface area (Å²) >= 11 is 0. The molecule has 3 aromatic carbocycles. The largest absolute Gasteiger partial charge is 0.494 e. The molecule has 0 saturated heterocycles. The minimum Gasteiger partial charge on any atom is -0.494 e. The Morgan fingerprint density at radius 1 is 1.03 bits per heavy atom. The van der Waals surface area contributed by atoms with Crippen LogP contribution in [0, 0.1) is 0 Å². The van der Waals surface area contributed by atoms with Gasteiger partial charge in [-0.05, 0) is 35.9 Å². The van der Waals surface area contributed by atoms with E-state index in [-0.39, 0.29) is 0 Å². The maximum absolute atomic E-state index is 12.4. The number of para-hydroxylation sites is 1. The highest BCUT2D eigenvalue weighted by atomic mass is 16.6. The number of aromatic nitrogens is 2. The number of ether oxygens (including phenoxy) is 2. The Balaban J connectivity index is 1.66. The van der Waals surface area contributed by atoms with Crippen LogP contribution in [0.4, 0.5) is 22.0 Å². The lowest BCUT2D eigenvalue weighted by Crippen LogP contribution is -2.17. The highest BCUT2D eigenvalue weighted by Gasteiger charge is 2.14. The Morgan fingerprint density at radius 3 is 2.65 bits per heavy atom. The van der Waals surface area contributed by atoms with E-state index in [9.17, 15) is 4.79 Å². The van der Waals surface area contributed by atoms with Gasteiger partial charge in [0.15, 0.2) is 0 Å². The van der Waals surface area contributed by atoms with Crippen LogP contribution in [-0.2, 0) is 0 Å². The van der Waals surface area contributed by atoms with Crippen molar-refractivity contribution in [3.05, 3.63) is 85.2 Å². The van der Waals surface area contributed by atoms with Crippen LogP contribution in [0.5, 0.6) is 11.5 Å². The number of nitrogens with zero attached hydrogens (tertiary/aromatic N) is 2. The van der Waals surface area contributed by atoms with Crippen LogP contribution in [0.2, 0.25) is 0 Å². The summed E-state index contributed by atoms with van der Waals surface area (Å²) in [6.45, 7) is 3.80. The van der Waals surface area contributed by atoms with Crippen LogP contribution in [0.15, 0.2) is 79.6 Å². The molecule has 0 unspecified atom stereocenters. The van der Waals surface area contributed by atoms with Crippen LogP contribution in [0.3, 0.4) is 0 Å². The van der Waals surface area contributed by atoms with Crippen molar-refractivity contribution in [3.8, 4) is 11.5 Å². The van der Waals surface area contributed by atoms with E-state index >= 15 is 0 Å². The molecule has 4 rings (SSSR count). The normalized spacial score (nSPS) is 10.4. The van der Waals surface area contributed by atoms with Gasteiger partial charge in [0, 0.05) is 17.1 Å². The van der Waals surface area contributed by atoms with Crippen molar-refractivity contribution in [1.29, 1.82) is 0 Å². The second-order valence-corrected chi connectivity index (χ2v) is 6.57. The van der Waals surface area contributed by atoms with Gasteiger partial charge in [-0.15, -0.1) is 0 Å². The van der Waals surface area contributed by atoms with Gasteiger partial charge in [-0.25, -0.2) is 14.8 Å². The Bertz CT molecular complexity index is 1240. The molecule has 7 heteroatoms. The standard InChI is InChI=1S/C24H20N4O3/c1-3-16-8-7-9-17(12-16)27-23-19-13-21(22(30-2)14-20(19)25-15-26-23)28-24(29)31-18-10-5-4-6-11-18/h3-15H,1H2,2H3,(H,28,29)(H,25,26,27). The molecule has 0 spiro atoms. The molecule has 0 bridgehead atoms. The van der Waals surface area contributed by atoms with Crippen LogP contribution < -0.4 is 20.1 Å². The highest BCUT2D eigenvalue weighted by molar-refractivity contribution is 5.98. The third-order valence-electron chi connectivity index (χ3n) is 4.53. The second-order valence-electron chi connectivity index (χ2n) is 6.57. The van der Waals surface area contributed by atoms with Crippen molar-refractivity contribution in [2.45, 2.75) is 0 Å². The fourth-order valence-electron chi connectivity index (χ4n) is 3.06. The number of carbonyl (C=O) groups excluding carboxylic acids is 1. The Morgan fingerprint density at radius 2 is 1.87 bits per heavy atom. The fraction of sp³-hybridized carbons (Fsp3) is 0.0417. The molecule has 0 radical (unpaired) electrons. The lowest BCUT2D eigenvalue weighted by atomic mass is 10.1. The maximum atomic E-state index is 12.4. The first-order valence-corrected chi connectivity index (χ1v) is 9.52. The molecule has 154 valence electrons. The van der Waals surface area contributed by atoms with Crippen molar-refractivity contribution in [2.24, 2.45) is 0 Å². The highest BCUT2D eigenvalue weighted by Crippen LogP contribution is 2.33. The van der Waals surface area contributed by atoms with Crippen molar-refractivity contribution in [3.63, 3.8) is 0 Å². The van der Waals surface area contributed by atoms with Gasteiger partial charge in [-0.3, -0.25) is 5.32 Å². The molecule has 0 aliphatic heterocycles.